The maximum absolute atomic E-state index is 11.0. The molecule has 11 heavy (non-hydrogen) atoms. The van der Waals surface area contributed by atoms with Gasteiger partial charge in [-0.25, -0.2) is 0 Å². The highest BCUT2D eigenvalue weighted by Gasteiger charge is 2.00. The first-order valence-electron chi connectivity index (χ1n) is 3.31. The summed E-state index contributed by atoms with van der Waals surface area (Å²) in [4.78, 5) is 14.2. The number of hydrogen-bond acceptors (Lipinski definition) is 3. The van der Waals surface area contributed by atoms with Gasteiger partial charge in [-0.1, -0.05) is 0 Å². The van der Waals surface area contributed by atoms with Gasteiger partial charge in [0.25, 0.3) is 0 Å². The van der Waals surface area contributed by atoms with Crippen LogP contribution in [0.5, 0.6) is 0 Å². The second kappa shape index (κ2) is 3.85. The lowest BCUT2D eigenvalue weighted by Crippen LogP contribution is -2.25. The fourth-order valence-corrected chi connectivity index (χ4v) is 0.385. The quantitative estimate of drug-likeness (QED) is 0.546. The van der Waals surface area contributed by atoms with Gasteiger partial charge in [-0.3, -0.25) is 4.79 Å². The summed E-state index contributed by atoms with van der Waals surface area (Å²) in [7, 11) is 6.94. The fraction of sp³-hybridized carbons (Fsp3) is 0.571. The molecule has 0 aliphatic heterocycles. The molecule has 2 N–H and O–H groups in total. The topological polar surface area (TPSA) is 49.6 Å². The Balaban J connectivity index is 4.20. The van der Waals surface area contributed by atoms with Crippen LogP contribution in [0.15, 0.2) is 11.9 Å². The lowest BCUT2D eigenvalue weighted by Gasteiger charge is -2.13. The van der Waals surface area contributed by atoms with E-state index in [0.29, 0.717) is 5.82 Å². The van der Waals surface area contributed by atoms with Crippen LogP contribution in [0.4, 0.5) is 0 Å². The molecule has 0 bridgehead atoms. The number of nitrogens with zero attached hydrogens (tertiary/aromatic N) is 2. The van der Waals surface area contributed by atoms with Gasteiger partial charge >= 0.3 is 0 Å². The van der Waals surface area contributed by atoms with E-state index in [1.54, 1.807) is 33.1 Å². The lowest BCUT2D eigenvalue weighted by atomic mass is 10.5. The van der Waals surface area contributed by atoms with E-state index in [0.717, 1.165) is 0 Å². The minimum atomic E-state index is -0.101. The normalized spacial score (nSPS) is 11.1. The average Bonchev–Trinajstić information content (AvgIpc) is 1.87. The van der Waals surface area contributed by atoms with E-state index >= 15 is 0 Å². The Hall–Kier alpha value is -1.19. The summed E-state index contributed by atoms with van der Waals surface area (Å²) in [5, 5.41) is 0. The molecule has 0 aromatic carbocycles. The molecule has 0 rings (SSSR count). The molecule has 0 spiro atoms. The van der Waals surface area contributed by atoms with Crippen LogP contribution in [0.2, 0.25) is 0 Å². The molecule has 0 aliphatic rings. The number of rotatable bonds is 2. The Morgan fingerprint density at radius 3 is 1.91 bits per heavy atom. The van der Waals surface area contributed by atoms with Crippen LogP contribution in [0, 0.1) is 0 Å². The van der Waals surface area contributed by atoms with E-state index in [1.165, 1.54) is 11.0 Å². The number of likely N-dealkylation sites (N-methyl/N-ethyl adjacent to an activating group) is 1. The molecule has 0 unspecified atom stereocenters. The van der Waals surface area contributed by atoms with Crippen molar-refractivity contribution in [3.63, 3.8) is 0 Å². The molecule has 0 heterocycles. The molecule has 4 heteroatoms. The largest absolute Gasteiger partial charge is 0.385 e. The summed E-state index contributed by atoms with van der Waals surface area (Å²) < 4.78 is 0. The van der Waals surface area contributed by atoms with Gasteiger partial charge in [0.2, 0.25) is 5.91 Å². The van der Waals surface area contributed by atoms with E-state index in [9.17, 15) is 4.79 Å². The molecule has 0 aromatic rings. The van der Waals surface area contributed by atoms with Crippen molar-refractivity contribution in [1.29, 1.82) is 0 Å². The first kappa shape index (κ1) is 9.81. The molecule has 64 valence electrons. The maximum atomic E-state index is 11.0. The van der Waals surface area contributed by atoms with Crippen molar-refractivity contribution in [2.45, 2.75) is 0 Å². The monoisotopic (exact) mass is 157 g/mol. The maximum Gasteiger partial charge on any atom is 0.249 e. The summed E-state index contributed by atoms with van der Waals surface area (Å²) in [6.07, 6.45) is 1.39. The minimum absolute atomic E-state index is 0.101. The van der Waals surface area contributed by atoms with Crippen LogP contribution >= 0.6 is 0 Å². The molecule has 4 nitrogen and oxygen atoms in total. The summed E-state index contributed by atoms with van der Waals surface area (Å²) in [5.41, 5.74) is 5.49. The first-order valence-corrected chi connectivity index (χ1v) is 3.31. The second-order valence-electron chi connectivity index (χ2n) is 2.70. The minimum Gasteiger partial charge on any atom is -0.385 e. The standard InChI is InChI=1S/C7H15N3O/c1-9(2)6(8)5-7(11)10(3)4/h5H,8H2,1-4H3/b6-5-. The predicted molar refractivity (Wildman–Crippen MR) is 44.7 cm³/mol. The zero-order valence-corrected chi connectivity index (χ0v) is 7.46. The van der Waals surface area contributed by atoms with E-state index in [2.05, 4.69) is 0 Å². The number of carbonyl (C=O) groups is 1. The van der Waals surface area contributed by atoms with Crippen molar-refractivity contribution in [2.24, 2.45) is 5.73 Å². The number of hydrogen-bond donors (Lipinski definition) is 1. The van der Waals surface area contributed by atoms with Gasteiger partial charge in [0.1, 0.15) is 5.82 Å². The highest BCUT2D eigenvalue weighted by atomic mass is 16.2. The van der Waals surface area contributed by atoms with Crippen LogP contribution < -0.4 is 5.73 Å². The molecular formula is C7H15N3O. The predicted octanol–water partition coefficient (Wildman–Crippen LogP) is -0.564. The first-order chi connectivity index (χ1) is 4.95. The van der Waals surface area contributed by atoms with E-state index in [1.807, 2.05) is 0 Å². The number of nitrogens with two attached hydrogens (primary N) is 1. The van der Waals surface area contributed by atoms with E-state index in [-0.39, 0.29) is 5.91 Å². The van der Waals surface area contributed by atoms with Gasteiger partial charge in [-0.05, 0) is 0 Å². The Bertz CT molecular complexity index is 173. The molecule has 1 amide bonds. The molecule has 0 saturated carbocycles. The Labute approximate surface area is 67.3 Å². The van der Waals surface area contributed by atoms with Crippen molar-refractivity contribution >= 4 is 5.91 Å². The molecular weight excluding hydrogens is 142 g/mol. The average molecular weight is 157 g/mol. The molecule has 0 atom stereocenters. The third kappa shape index (κ3) is 3.50. The van der Waals surface area contributed by atoms with Crippen molar-refractivity contribution in [3.05, 3.63) is 11.9 Å². The summed E-state index contributed by atoms with van der Waals surface area (Å²) in [6.45, 7) is 0. The van der Waals surface area contributed by atoms with Crippen LogP contribution in [0.25, 0.3) is 0 Å². The molecule has 0 saturated heterocycles. The summed E-state index contributed by atoms with van der Waals surface area (Å²) in [5.74, 6) is 0.361. The Kier molecular flexibility index (Phi) is 3.44. The van der Waals surface area contributed by atoms with Crippen LogP contribution in [-0.4, -0.2) is 43.9 Å². The van der Waals surface area contributed by atoms with Crippen molar-refractivity contribution in [2.75, 3.05) is 28.2 Å². The van der Waals surface area contributed by atoms with Crippen molar-refractivity contribution < 1.29 is 4.79 Å². The van der Waals surface area contributed by atoms with Crippen LogP contribution in [-0.2, 0) is 4.79 Å². The molecule has 0 aliphatic carbocycles. The van der Waals surface area contributed by atoms with Gasteiger partial charge < -0.3 is 15.5 Å². The molecule has 0 radical (unpaired) electrons. The van der Waals surface area contributed by atoms with Gasteiger partial charge in [0.05, 0.1) is 0 Å². The fourth-order valence-electron chi connectivity index (χ4n) is 0.385. The SMILES string of the molecule is CN(C)C(=O)/C=C(/N)N(C)C. The van der Waals surface area contributed by atoms with E-state index < -0.39 is 0 Å². The zero-order chi connectivity index (χ0) is 9.02. The number of amides is 1. The highest BCUT2D eigenvalue weighted by molar-refractivity contribution is 5.87. The smallest absolute Gasteiger partial charge is 0.249 e. The van der Waals surface area contributed by atoms with Crippen molar-refractivity contribution in [3.8, 4) is 0 Å². The van der Waals surface area contributed by atoms with E-state index in [4.69, 9.17) is 5.73 Å². The van der Waals surface area contributed by atoms with Gasteiger partial charge in [-0.2, -0.15) is 0 Å². The Morgan fingerprint density at radius 1 is 1.18 bits per heavy atom. The van der Waals surface area contributed by atoms with Gasteiger partial charge in [0.15, 0.2) is 0 Å². The van der Waals surface area contributed by atoms with Gasteiger partial charge in [-0.15, -0.1) is 0 Å². The summed E-state index contributed by atoms with van der Waals surface area (Å²) in [6, 6.07) is 0. The van der Waals surface area contributed by atoms with Crippen LogP contribution in [0.3, 0.4) is 0 Å². The zero-order valence-electron chi connectivity index (χ0n) is 7.46. The van der Waals surface area contributed by atoms with Gasteiger partial charge in [0, 0.05) is 34.3 Å². The second-order valence-corrected chi connectivity index (χ2v) is 2.70. The summed E-state index contributed by atoms with van der Waals surface area (Å²) >= 11 is 0. The lowest BCUT2D eigenvalue weighted by molar-refractivity contribution is -0.123. The van der Waals surface area contributed by atoms with Crippen molar-refractivity contribution in [1.82, 2.24) is 9.80 Å². The molecule has 0 fully saturated rings. The number of carbonyl (C=O) groups excluding carboxylic acids is 1. The third-order valence-corrected chi connectivity index (χ3v) is 1.23. The van der Waals surface area contributed by atoms with Crippen LogP contribution in [0.1, 0.15) is 0 Å². The highest BCUT2D eigenvalue weighted by Crippen LogP contribution is 1.90. The Morgan fingerprint density at radius 2 is 1.64 bits per heavy atom. The molecule has 0 aromatic heterocycles. The third-order valence-electron chi connectivity index (χ3n) is 1.23.